The number of aromatic carboxylic acids is 1. The summed E-state index contributed by atoms with van der Waals surface area (Å²) in [5.74, 6) is -1.69. The van der Waals surface area contributed by atoms with Crippen LogP contribution in [0.25, 0.3) is 0 Å². The van der Waals surface area contributed by atoms with Crippen LogP contribution >= 0.6 is 22.9 Å². The Kier molecular flexibility index (Phi) is 13.5. The summed E-state index contributed by atoms with van der Waals surface area (Å²) in [7, 11) is 0. The number of aromatic nitrogens is 2. The van der Waals surface area contributed by atoms with Gasteiger partial charge in [-0.3, -0.25) is 14.4 Å². The van der Waals surface area contributed by atoms with Crippen molar-refractivity contribution in [2.24, 2.45) is 0 Å². The van der Waals surface area contributed by atoms with Crippen molar-refractivity contribution in [3.63, 3.8) is 0 Å². The van der Waals surface area contributed by atoms with E-state index in [-0.39, 0.29) is 41.7 Å². The highest BCUT2D eigenvalue weighted by Gasteiger charge is 2.34. The van der Waals surface area contributed by atoms with Crippen LogP contribution in [0.3, 0.4) is 0 Å². The van der Waals surface area contributed by atoms with E-state index in [0.29, 0.717) is 35.2 Å². The van der Waals surface area contributed by atoms with Gasteiger partial charge in [-0.1, -0.05) is 24.8 Å². The van der Waals surface area contributed by atoms with Crippen LogP contribution in [0, 0.1) is 0 Å². The zero-order valence-electron chi connectivity index (χ0n) is 27.4. The fraction of sp³-hybridized carbons (Fsp3) is 0.200. The molecule has 3 amide bonds. The number of carboxylic acids is 1. The predicted octanol–water partition coefficient (Wildman–Crippen LogP) is 7.17. The number of halogens is 4. The van der Waals surface area contributed by atoms with Crippen molar-refractivity contribution in [1.82, 2.24) is 14.9 Å². The number of pyridine rings is 1. The van der Waals surface area contributed by atoms with Gasteiger partial charge in [0.25, 0.3) is 5.91 Å². The van der Waals surface area contributed by atoms with Crippen molar-refractivity contribution in [3.05, 3.63) is 119 Å². The molecular formula is C35H33ClF3N7O5S. The van der Waals surface area contributed by atoms with Gasteiger partial charge in [-0.2, -0.15) is 13.2 Å². The Bertz CT molecular complexity index is 1920. The van der Waals surface area contributed by atoms with Crippen LogP contribution in [-0.2, 0) is 22.3 Å². The summed E-state index contributed by atoms with van der Waals surface area (Å²) >= 11 is 6.99. The van der Waals surface area contributed by atoms with Crippen LogP contribution in [-0.4, -0.2) is 62.8 Å². The summed E-state index contributed by atoms with van der Waals surface area (Å²) in [4.78, 5) is 56.6. The third-order valence-electron chi connectivity index (χ3n) is 7.36. The van der Waals surface area contributed by atoms with E-state index in [1.54, 1.807) is 35.4 Å². The van der Waals surface area contributed by atoms with E-state index in [1.807, 2.05) is 0 Å². The second-order valence-corrected chi connectivity index (χ2v) is 12.6. The molecule has 52 heavy (non-hydrogen) atoms. The van der Waals surface area contributed by atoms with Gasteiger partial charge in [0.2, 0.25) is 11.8 Å². The third-order valence-corrected chi connectivity index (χ3v) is 8.59. The topological polar surface area (TPSA) is 166 Å². The summed E-state index contributed by atoms with van der Waals surface area (Å²) in [6.07, 6.45) is 2.03. The van der Waals surface area contributed by atoms with Crippen molar-refractivity contribution >= 4 is 69.0 Å². The van der Waals surface area contributed by atoms with Gasteiger partial charge in [0.1, 0.15) is 5.82 Å². The summed E-state index contributed by atoms with van der Waals surface area (Å²) in [6, 6.07) is 13.4. The van der Waals surface area contributed by atoms with Crippen LogP contribution in [0.15, 0.2) is 92.3 Å². The molecule has 1 fully saturated rings. The van der Waals surface area contributed by atoms with Crippen molar-refractivity contribution in [2.45, 2.75) is 31.6 Å². The average Bonchev–Trinajstić information content (AvgIpc) is 3.58. The Balaban J connectivity index is 0.000000363. The normalized spacial score (nSPS) is 13.8. The number of nitrogens with one attached hydrogen (secondary N) is 4. The van der Waals surface area contributed by atoms with E-state index in [4.69, 9.17) is 16.7 Å². The Labute approximate surface area is 305 Å². The Morgan fingerprint density at radius 1 is 0.942 bits per heavy atom. The number of carbonyl (C=O) groups excluding carboxylic acids is 3. The minimum absolute atomic E-state index is 0.00177. The number of alkyl halides is 3. The first-order valence-corrected chi connectivity index (χ1v) is 16.7. The number of piperidine rings is 1. The van der Waals surface area contributed by atoms with Crippen molar-refractivity contribution in [1.29, 1.82) is 0 Å². The molecule has 17 heteroatoms. The number of anilines is 4. The third kappa shape index (κ3) is 11.4. The van der Waals surface area contributed by atoms with Crippen LogP contribution in [0.4, 0.5) is 35.5 Å². The van der Waals surface area contributed by atoms with E-state index < -0.39 is 22.7 Å². The number of amides is 3. The summed E-state index contributed by atoms with van der Waals surface area (Å²) in [6.45, 7) is 8.07. The van der Waals surface area contributed by atoms with Gasteiger partial charge in [0.15, 0.2) is 5.13 Å². The van der Waals surface area contributed by atoms with Gasteiger partial charge >= 0.3 is 12.1 Å². The first kappa shape index (κ1) is 39.1. The maximum atomic E-state index is 13.1. The molecule has 2 aromatic carbocycles. The number of hydrogen-bond donors (Lipinski definition) is 5. The molecule has 1 aliphatic heterocycles. The highest BCUT2D eigenvalue weighted by molar-refractivity contribution is 7.15. The molecule has 1 saturated heterocycles. The number of likely N-dealkylation sites (tertiary alicyclic amines) is 1. The van der Waals surface area contributed by atoms with E-state index in [1.165, 1.54) is 41.7 Å². The molecule has 0 aliphatic carbocycles. The second kappa shape index (κ2) is 18.0. The van der Waals surface area contributed by atoms with Gasteiger partial charge in [-0.15, -0.1) is 11.3 Å². The molecule has 2 aromatic heterocycles. The molecule has 3 heterocycles. The molecule has 272 valence electrons. The zero-order valence-corrected chi connectivity index (χ0v) is 28.9. The minimum Gasteiger partial charge on any atom is -0.478 e. The SMILES string of the molecule is C=CC(=O)Nc1ccc(C(=O)N2CCC[C@@H](Nc3ncc(CNc4cc(C(F)(F)F)c(Cl)cn4)s3)C2)cc1.C=CC(=O)Nc1ccc(C(=O)O)cc1. The molecule has 0 unspecified atom stereocenters. The molecule has 12 nitrogen and oxygen atoms in total. The fourth-order valence-electron chi connectivity index (χ4n) is 4.80. The maximum absolute atomic E-state index is 13.1. The molecule has 5 N–H and O–H groups in total. The lowest BCUT2D eigenvalue weighted by atomic mass is 10.0. The Morgan fingerprint density at radius 3 is 2.10 bits per heavy atom. The number of nitrogens with zero attached hydrogens (tertiary/aromatic N) is 3. The van der Waals surface area contributed by atoms with Crippen LogP contribution < -0.4 is 21.3 Å². The number of thiazole rings is 1. The number of hydrogen-bond acceptors (Lipinski definition) is 9. The number of carbonyl (C=O) groups is 4. The summed E-state index contributed by atoms with van der Waals surface area (Å²) in [5.41, 5.74) is 0.873. The maximum Gasteiger partial charge on any atom is 0.418 e. The molecule has 1 atom stereocenters. The Hall–Kier alpha value is -5.74. The molecule has 0 radical (unpaired) electrons. The van der Waals surface area contributed by atoms with Crippen molar-refractivity contribution < 1.29 is 37.5 Å². The quantitative estimate of drug-likeness (QED) is 0.0998. The molecular weight excluding hydrogens is 723 g/mol. The van der Waals surface area contributed by atoms with Gasteiger partial charge < -0.3 is 31.3 Å². The largest absolute Gasteiger partial charge is 0.478 e. The first-order chi connectivity index (χ1) is 24.7. The Morgan fingerprint density at radius 2 is 1.54 bits per heavy atom. The molecule has 0 saturated carbocycles. The van der Waals surface area contributed by atoms with E-state index in [9.17, 15) is 32.3 Å². The van der Waals surface area contributed by atoms with Gasteiger partial charge in [0, 0.05) is 53.3 Å². The lowest BCUT2D eigenvalue weighted by molar-refractivity contribution is -0.137. The van der Waals surface area contributed by atoms with Crippen molar-refractivity contribution in [2.75, 3.05) is 34.4 Å². The smallest absolute Gasteiger partial charge is 0.418 e. The molecule has 0 spiro atoms. The van der Waals surface area contributed by atoms with Gasteiger partial charge in [-0.25, -0.2) is 14.8 Å². The van der Waals surface area contributed by atoms with Crippen LogP contribution in [0.5, 0.6) is 0 Å². The predicted molar refractivity (Wildman–Crippen MR) is 194 cm³/mol. The monoisotopic (exact) mass is 755 g/mol. The summed E-state index contributed by atoms with van der Waals surface area (Å²) in [5, 5.41) is 20.2. The standard InChI is InChI=1S/C25H24ClF3N6O2S.C10H9NO3/c1-2-22(36)33-16-7-5-15(6-8-16)23(37)35-9-3-4-17(14-35)34-24-32-12-18(38-24)11-30-21-10-19(25(27,28)29)20(26)13-31-21;1-2-9(12)11-8-5-3-7(4-6-8)10(13)14/h2,5-8,10,12-13,17H,1,3-4,9,11,14H2,(H,30,31)(H,32,34)(H,33,36);2-6H,1H2,(H,11,12)(H,13,14)/t17-;/m1./s1. The van der Waals surface area contributed by atoms with Crippen LogP contribution in [0.2, 0.25) is 5.02 Å². The molecule has 0 bridgehead atoms. The van der Waals surface area contributed by atoms with Gasteiger partial charge in [-0.05, 0) is 79.6 Å². The molecule has 5 rings (SSSR count). The minimum atomic E-state index is -4.57. The average molecular weight is 756 g/mol. The van der Waals surface area contributed by atoms with E-state index in [0.717, 1.165) is 36.1 Å². The zero-order chi connectivity index (χ0) is 37.8. The molecule has 4 aromatic rings. The highest BCUT2D eigenvalue weighted by Crippen LogP contribution is 2.35. The second-order valence-electron chi connectivity index (χ2n) is 11.1. The first-order valence-electron chi connectivity index (χ1n) is 15.5. The number of rotatable bonds is 11. The fourth-order valence-corrected chi connectivity index (χ4v) is 5.84. The van der Waals surface area contributed by atoms with E-state index >= 15 is 0 Å². The van der Waals surface area contributed by atoms with Crippen molar-refractivity contribution in [3.8, 4) is 0 Å². The molecule has 1 aliphatic rings. The lowest BCUT2D eigenvalue weighted by Gasteiger charge is -2.33. The van der Waals surface area contributed by atoms with Gasteiger partial charge in [0.05, 0.1) is 22.7 Å². The number of benzene rings is 2. The van der Waals surface area contributed by atoms with E-state index in [2.05, 4.69) is 44.4 Å². The van der Waals surface area contributed by atoms with Crippen LogP contribution in [0.1, 0.15) is 44.0 Å². The number of carboxylic acid groups (broad SMARTS) is 1. The lowest BCUT2D eigenvalue weighted by Crippen LogP contribution is -2.45. The summed E-state index contributed by atoms with van der Waals surface area (Å²) < 4.78 is 39.2. The highest BCUT2D eigenvalue weighted by atomic mass is 35.5.